The number of nitrogens with zero attached hydrogens (tertiary/aromatic N) is 1. The van der Waals surface area contributed by atoms with E-state index in [0.717, 1.165) is 29.0 Å². The second-order valence-electron chi connectivity index (χ2n) is 5.20. The van der Waals surface area contributed by atoms with Crippen molar-refractivity contribution >= 4 is 0 Å². The summed E-state index contributed by atoms with van der Waals surface area (Å²) in [7, 11) is 3.66. The minimum Gasteiger partial charge on any atom is -0.497 e. The summed E-state index contributed by atoms with van der Waals surface area (Å²) in [5.41, 5.74) is 8.49. The van der Waals surface area contributed by atoms with Crippen LogP contribution in [-0.4, -0.2) is 19.1 Å². The lowest BCUT2D eigenvalue weighted by atomic mass is 10.1. The van der Waals surface area contributed by atoms with Crippen LogP contribution in [0, 0.1) is 5.82 Å². The standard InChI is InChI=1S/C17H21FN2O/c1-20(11-13-4-3-5-17(9-13)21-2)12-15-6-14(10-19)7-16(18)8-15/h3-9H,10-12,19H2,1-2H3. The van der Waals surface area contributed by atoms with E-state index in [9.17, 15) is 4.39 Å². The van der Waals surface area contributed by atoms with E-state index in [1.807, 2.05) is 31.3 Å². The number of halogens is 1. The zero-order valence-electron chi connectivity index (χ0n) is 12.5. The van der Waals surface area contributed by atoms with Gasteiger partial charge in [-0.1, -0.05) is 18.2 Å². The van der Waals surface area contributed by atoms with Crippen molar-refractivity contribution in [3.8, 4) is 5.75 Å². The fraction of sp³-hybridized carbons (Fsp3) is 0.294. The normalized spacial score (nSPS) is 10.9. The molecule has 2 rings (SSSR count). The Morgan fingerprint density at radius 2 is 1.76 bits per heavy atom. The lowest BCUT2D eigenvalue weighted by molar-refractivity contribution is 0.317. The lowest BCUT2D eigenvalue weighted by Gasteiger charge is -2.18. The van der Waals surface area contributed by atoms with Crippen molar-refractivity contribution < 1.29 is 9.13 Å². The van der Waals surface area contributed by atoms with E-state index >= 15 is 0 Å². The Hall–Kier alpha value is -1.91. The number of hydrogen-bond acceptors (Lipinski definition) is 3. The molecule has 0 spiro atoms. The SMILES string of the molecule is COc1cccc(CN(C)Cc2cc(F)cc(CN)c2)c1. The van der Waals surface area contributed by atoms with Crippen molar-refractivity contribution in [2.75, 3.05) is 14.2 Å². The van der Waals surface area contributed by atoms with Crippen LogP contribution in [0.2, 0.25) is 0 Å². The number of rotatable bonds is 6. The Balaban J connectivity index is 2.04. The number of nitrogens with two attached hydrogens (primary N) is 1. The summed E-state index contributed by atoms with van der Waals surface area (Å²) in [6.45, 7) is 1.79. The molecule has 21 heavy (non-hydrogen) atoms. The van der Waals surface area contributed by atoms with Crippen molar-refractivity contribution in [2.45, 2.75) is 19.6 Å². The van der Waals surface area contributed by atoms with Gasteiger partial charge in [0.05, 0.1) is 7.11 Å². The van der Waals surface area contributed by atoms with E-state index in [-0.39, 0.29) is 5.82 Å². The fourth-order valence-electron chi connectivity index (χ4n) is 2.38. The summed E-state index contributed by atoms with van der Waals surface area (Å²) in [6.07, 6.45) is 0. The molecule has 4 heteroatoms. The van der Waals surface area contributed by atoms with Gasteiger partial charge in [0, 0.05) is 19.6 Å². The highest BCUT2D eigenvalue weighted by Gasteiger charge is 2.05. The molecule has 0 atom stereocenters. The highest BCUT2D eigenvalue weighted by molar-refractivity contribution is 5.28. The van der Waals surface area contributed by atoms with E-state index in [1.54, 1.807) is 13.2 Å². The Kier molecular flexibility index (Phi) is 5.31. The van der Waals surface area contributed by atoms with Crippen molar-refractivity contribution in [3.63, 3.8) is 0 Å². The summed E-state index contributed by atoms with van der Waals surface area (Å²) in [6, 6.07) is 12.9. The van der Waals surface area contributed by atoms with Gasteiger partial charge in [-0.15, -0.1) is 0 Å². The topological polar surface area (TPSA) is 38.5 Å². The van der Waals surface area contributed by atoms with E-state index in [0.29, 0.717) is 13.1 Å². The minimum atomic E-state index is -0.234. The molecule has 0 fully saturated rings. The summed E-state index contributed by atoms with van der Waals surface area (Å²) in [5.74, 6) is 0.611. The lowest BCUT2D eigenvalue weighted by Crippen LogP contribution is -2.17. The first-order valence-electron chi connectivity index (χ1n) is 6.90. The first-order valence-corrected chi connectivity index (χ1v) is 6.90. The van der Waals surface area contributed by atoms with E-state index < -0.39 is 0 Å². The molecule has 0 unspecified atom stereocenters. The van der Waals surface area contributed by atoms with Crippen molar-refractivity contribution in [2.24, 2.45) is 5.73 Å². The zero-order chi connectivity index (χ0) is 15.2. The molecule has 0 aliphatic carbocycles. The monoisotopic (exact) mass is 288 g/mol. The molecule has 0 bridgehead atoms. The van der Waals surface area contributed by atoms with Crippen molar-refractivity contribution in [3.05, 3.63) is 65.0 Å². The van der Waals surface area contributed by atoms with E-state index in [4.69, 9.17) is 10.5 Å². The van der Waals surface area contributed by atoms with Gasteiger partial charge in [0.25, 0.3) is 0 Å². The van der Waals surface area contributed by atoms with Crippen molar-refractivity contribution in [1.29, 1.82) is 0 Å². The predicted octanol–water partition coefficient (Wildman–Crippen LogP) is 2.93. The van der Waals surface area contributed by atoms with Crippen LogP contribution >= 0.6 is 0 Å². The molecule has 0 heterocycles. The maximum absolute atomic E-state index is 13.5. The molecule has 0 aliphatic rings. The molecule has 0 saturated heterocycles. The Morgan fingerprint density at radius 1 is 1.05 bits per heavy atom. The average Bonchev–Trinajstić information content (AvgIpc) is 2.46. The molecular formula is C17H21FN2O. The van der Waals surface area contributed by atoms with Crippen LogP contribution in [0.4, 0.5) is 4.39 Å². The third-order valence-electron chi connectivity index (χ3n) is 3.29. The van der Waals surface area contributed by atoms with E-state index in [1.165, 1.54) is 6.07 Å². The van der Waals surface area contributed by atoms with E-state index in [2.05, 4.69) is 11.0 Å². The molecular weight excluding hydrogens is 267 g/mol. The summed E-state index contributed by atoms with van der Waals surface area (Å²) >= 11 is 0. The highest BCUT2D eigenvalue weighted by atomic mass is 19.1. The first kappa shape index (κ1) is 15.5. The molecule has 0 aromatic heterocycles. The number of methoxy groups -OCH3 is 1. The Morgan fingerprint density at radius 3 is 2.48 bits per heavy atom. The average molecular weight is 288 g/mol. The second-order valence-corrected chi connectivity index (χ2v) is 5.20. The van der Waals surface area contributed by atoms with Gasteiger partial charge in [-0.2, -0.15) is 0 Å². The highest BCUT2D eigenvalue weighted by Crippen LogP contribution is 2.16. The fourth-order valence-corrected chi connectivity index (χ4v) is 2.38. The van der Waals surface area contributed by atoms with Crippen LogP contribution in [0.1, 0.15) is 16.7 Å². The molecule has 2 aromatic carbocycles. The molecule has 0 aliphatic heterocycles. The molecule has 0 saturated carbocycles. The molecule has 0 amide bonds. The maximum Gasteiger partial charge on any atom is 0.123 e. The van der Waals surface area contributed by atoms with Crippen LogP contribution in [0.3, 0.4) is 0 Å². The van der Waals surface area contributed by atoms with Crippen LogP contribution in [-0.2, 0) is 19.6 Å². The molecule has 112 valence electrons. The molecule has 2 N–H and O–H groups in total. The maximum atomic E-state index is 13.5. The Labute approximate surface area is 125 Å². The molecule has 3 nitrogen and oxygen atoms in total. The smallest absolute Gasteiger partial charge is 0.123 e. The van der Waals surface area contributed by atoms with Crippen LogP contribution in [0.5, 0.6) is 5.75 Å². The number of hydrogen-bond donors (Lipinski definition) is 1. The second kappa shape index (κ2) is 7.20. The summed E-state index contributed by atoms with van der Waals surface area (Å²) in [5, 5.41) is 0. The van der Waals surface area contributed by atoms with Crippen LogP contribution in [0.25, 0.3) is 0 Å². The first-order chi connectivity index (χ1) is 10.1. The van der Waals surface area contributed by atoms with Crippen molar-refractivity contribution in [1.82, 2.24) is 4.90 Å². The van der Waals surface area contributed by atoms with Gasteiger partial charge < -0.3 is 10.5 Å². The quantitative estimate of drug-likeness (QED) is 0.888. The number of ether oxygens (including phenoxy) is 1. The van der Waals surface area contributed by atoms with Gasteiger partial charge in [-0.05, 0) is 48.0 Å². The van der Waals surface area contributed by atoms with Gasteiger partial charge in [-0.25, -0.2) is 4.39 Å². The van der Waals surface area contributed by atoms with Gasteiger partial charge in [0.2, 0.25) is 0 Å². The minimum absolute atomic E-state index is 0.234. The predicted molar refractivity (Wildman–Crippen MR) is 82.5 cm³/mol. The molecule has 0 radical (unpaired) electrons. The number of benzene rings is 2. The third-order valence-corrected chi connectivity index (χ3v) is 3.29. The Bertz CT molecular complexity index is 601. The van der Waals surface area contributed by atoms with Crippen LogP contribution < -0.4 is 10.5 Å². The third kappa shape index (κ3) is 4.55. The largest absolute Gasteiger partial charge is 0.497 e. The van der Waals surface area contributed by atoms with Gasteiger partial charge in [-0.3, -0.25) is 4.90 Å². The van der Waals surface area contributed by atoms with Crippen LogP contribution in [0.15, 0.2) is 42.5 Å². The zero-order valence-corrected chi connectivity index (χ0v) is 12.5. The van der Waals surface area contributed by atoms with Gasteiger partial charge >= 0.3 is 0 Å². The molecule has 2 aromatic rings. The van der Waals surface area contributed by atoms with Gasteiger partial charge in [0.1, 0.15) is 11.6 Å². The summed E-state index contributed by atoms with van der Waals surface area (Å²) < 4.78 is 18.7. The van der Waals surface area contributed by atoms with Gasteiger partial charge in [0.15, 0.2) is 0 Å². The summed E-state index contributed by atoms with van der Waals surface area (Å²) in [4.78, 5) is 2.13.